The maximum atomic E-state index is 12.4. The Bertz CT molecular complexity index is 1010. The Morgan fingerprint density at radius 2 is 0.723 bits per heavy atom. The number of ether oxygens (including phenoxy) is 1. The Morgan fingerprint density at radius 1 is 0.415 bits per heavy atom. The van der Waals surface area contributed by atoms with Gasteiger partial charge in [-0.1, -0.05) is 250 Å². The lowest BCUT2D eigenvalue weighted by atomic mass is 10.0. The molecule has 2 atom stereocenters. The van der Waals surface area contributed by atoms with Gasteiger partial charge in [-0.3, -0.25) is 9.59 Å². The van der Waals surface area contributed by atoms with Crippen molar-refractivity contribution in [3.63, 3.8) is 0 Å². The molecule has 0 aromatic carbocycles. The number of carbonyl (C=O) groups is 2. The fourth-order valence-electron chi connectivity index (χ4n) is 8.98. The number of unbranched alkanes of at least 4 members (excludes halogenated alkanes) is 39. The smallest absolute Gasteiger partial charge is 0.305 e. The fourth-order valence-corrected chi connectivity index (χ4v) is 8.98. The van der Waals surface area contributed by atoms with E-state index in [0.29, 0.717) is 25.9 Å². The molecule has 0 aromatic rings. The van der Waals surface area contributed by atoms with Crippen LogP contribution in [0.4, 0.5) is 0 Å². The third kappa shape index (κ3) is 51.6. The van der Waals surface area contributed by atoms with Gasteiger partial charge in [0.2, 0.25) is 5.91 Å². The number of hydrogen-bond donors (Lipinski definition) is 3. The van der Waals surface area contributed by atoms with E-state index < -0.39 is 12.1 Å². The zero-order valence-corrected chi connectivity index (χ0v) is 43.7. The minimum Gasteiger partial charge on any atom is -0.466 e. The van der Waals surface area contributed by atoms with E-state index in [2.05, 4.69) is 43.5 Å². The van der Waals surface area contributed by atoms with Crippen LogP contribution in [0.15, 0.2) is 24.3 Å². The molecule has 0 bridgehead atoms. The molecule has 0 aliphatic carbocycles. The minimum absolute atomic E-state index is 0.000732. The van der Waals surface area contributed by atoms with Crippen LogP contribution in [0.5, 0.6) is 0 Å². The van der Waals surface area contributed by atoms with Gasteiger partial charge in [0.25, 0.3) is 0 Å². The van der Waals surface area contributed by atoms with Crippen LogP contribution in [0.2, 0.25) is 0 Å². The third-order valence-corrected chi connectivity index (χ3v) is 13.5. The molecule has 0 aliphatic heterocycles. The summed E-state index contributed by atoms with van der Waals surface area (Å²) in [4.78, 5) is 24.5. The number of esters is 1. The minimum atomic E-state index is -0.669. The van der Waals surface area contributed by atoms with Gasteiger partial charge < -0.3 is 20.3 Å². The summed E-state index contributed by atoms with van der Waals surface area (Å²) >= 11 is 0. The molecule has 0 saturated carbocycles. The highest BCUT2D eigenvalue weighted by molar-refractivity contribution is 5.76. The molecular formula is C59H113NO5. The molecule has 384 valence electrons. The molecule has 0 saturated heterocycles. The van der Waals surface area contributed by atoms with Gasteiger partial charge in [0.05, 0.1) is 25.4 Å². The van der Waals surface area contributed by atoms with Crippen molar-refractivity contribution < 1.29 is 24.5 Å². The molecule has 0 fully saturated rings. The van der Waals surface area contributed by atoms with Crippen LogP contribution in [-0.4, -0.2) is 47.4 Å². The second kappa shape index (κ2) is 54.9. The number of rotatable bonds is 54. The van der Waals surface area contributed by atoms with Crippen LogP contribution in [0.1, 0.15) is 316 Å². The summed E-state index contributed by atoms with van der Waals surface area (Å²) in [5, 5.41) is 23.2. The summed E-state index contributed by atoms with van der Waals surface area (Å²) in [6.07, 6.45) is 66.0. The molecule has 3 N–H and O–H groups in total. The Hall–Kier alpha value is -1.66. The van der Waals surface area contributed by atoms with Gasteiger partial charge in [-0.15, -0.1) is 0 Å². The fraction of sp³-hybridized carbons (Fsp3) is 0.898. The molecule has 0 spiro atoms. The van der Waals surface area contributed by atoms with E-state index in [0.717, 1.165) is 44.9 Å². The van der Waals surface area contributed by atoms with E-state index >= 15 is 0 Å². The van der Waals surface area contributed by atoms with Gasteiger partial charge in [-0.2, -0.15) is 0 Å². The normalized spacial score (nSPS) is 12.7. The van der Waals surface area contributed by atoms with Crippen LogP contribution < -0.4 is 5.32 Å². The lowest BCUT2D eigenvalue weighted by Crippen LogP contribution is -2.45. The molecule has 6 nitrogen and oxygen atoms in total. The topological polar surface area (TPSA) is 95.9 Å². The number of aliphatic hydroxyl groups excluding tert-OH is 2. The van der Waals surface area contributed by atoms with Gasteiger partial charge in [-0.05, 0) is 77.0 Å². The van der Waals surface area contributed by atoms with Crippen LogP contribution in [-0.2, 0) is 14.3 Å². The first-order valence-corrected chi connectivity index (χ1v) is 29.1. The molecule has 0 radical (unpaired) electrons. The second-order valence-corrected chi connectivity index (χ2v) is 20.0. The highest BCUT2D eigenvalue weighted by Crippen LogP contribution is 2.17. The zero-order chi connectivity index (χ0) is 47.2. The highest BCUT2D eigenvalue weighted by Gasteiger charge is 2.20. The molecule has 65 heavy (non-hydrogen) atoms. The molecule has 2 unspecified atom stereocenters. The Kier molecular flexibility index (Phi) is 53.5. The standard InChI is InChI=1S/C59H113NO5/c1-3-5-7-9-11-13-15-17-18-22-26-29-33-37-41-45-49-53-59(64)65-54-50-46-42-38-34-30-27-24-21-19-20-23-25-28-32-36-40-44-48-52-58(63)60-56(55-61)57(62)51-47-43-39-35-31-16-14-12-10-8-6-4-2/h17-20,56-57,61-62H,3-16,21-55H2,1-2H3,(H,60,63)/b18-17-,20-19-. The predicted molar refractivity (Wildman–Crippen MR) is 283 cm³/mol. The van der Waals surface area contributed by atoms with Crippen LogP contribution in [0, 0.1) is 0 Å². The van der Waals surface area contributed by atoms with E-state index in [1.807, 2.05) is 0 Å². The predicted octanol–water partition coefficient (Wildman–Crippen LogP) is 17.9. The molecule has 6 heteroatoms. The summed E-state index contributed by atoms with van der Waals surface area (Å²) in [7, 11) is 0. The van der Waals surface area contributed by atoms with Gasteiger partial charge in [0, 0.05) is 12.8 Å². The van der Waals surface area contributed by atoms with E-state index in [9.17, 15) is 19.8 Å². The van der Waals surface area contributed by atoms with Crippen molar-refractivity contribution in [1.29, 1.82) is 0 Å². The first-order chi connectivity index (χ1) is 32.0. The van der Waals surface area contributed by atoms with Crippen molar-refractivity contribution in [2.24, 2.45) is 0 Å². The monoisotopic (exact) mass is 916 g/mol. The number of amides is 1. The molecular weight excluding hydrogens is 803 g/mol. The van der Waals surface area contributed by atoms with Crippen molar-refractivity contribution in [2.45, 2.75) is 328 Å². The number of allylic oxidation sites excluding steroid dienone is 4. The highest BCUT2D eigenvalue weighted by atomic mass is 16.5. The quantitative estimate of drug-likeness (QED) is 0.0321. The molecule has 0 heterocycles. The van der Waals surface area contributed by atoms with Gasteiger partial charge >= 0.3 is 5.97 Å². The summed E-state index contributed by atoms with van der Waals surface area (Å²) < 4.78 is 5.48. The first-order valence-electron chi connectivity index (χ1n) is 29.1. The maximum absolute atomic E-state index is 12.4. The molecule has 0 aromatic heterocycles. The summed E-state index contributed by atoms with van der Waals surface area (Å²) in [6.45, 7) is 4.94. The molecule has 0 rings (SSSR count). The van der Waals surface area contributed by atoms with Crippen molar-refractivity contribution in [3.8, 4) is 0 Å². The summed E-state index contributed by atoms with van der Waals surface area (Å²) in [5.74, 6) is -0.0440. The van der Waals surface area contributed by atoms with Crippen LogP contribution in [0.25, 0.3) is 0 Å². The number of nitrogens with one attached hydrogen (secondary N) is 1. The summed E-state index contributed by atoms with van der Waals surface area (Å²) in [5.41, 5.74) is 0. The molecule has 1 amide bonds. The van der Waals surface area contributed by atoms with E-state index in [1.165, 1.54) is 238 Å². The lowest BCUT2D eigenvalue weighted by molar-refractivity contribution is -0.143. The average Bonchev–Trinajstić information content (AvgIpc) is 3.31. The zero-order valence-electron chi connectivity index (χ0n) is 43.7. The Balaban J connectivity index is 3.42. The second-order valence-electron chi connectivity index (χ2n) is 20.0. The van der Waals surface area contributed by atoms with E-state index in [-0.39, 0.29) is 18.5 Å². The van der Waals surface area contributed by atoms with Crippen molar-refractivity contribution in [2.75, 3.05) is 13.2 Å². The number of hydrogen-bond acceptors (Lipinski definition) is 5. The number of aliphatic hydroxyl groups is 2. The van der Waals surface area contributed by atoms with Crippen molar-refractivity contribution in [3.05, 3.63) is 24.3 Å². The Labute approximate surface area is 405 Å². The van der Waals surface area contributed by atoms with E-state index in [1.54, 1.807) is 0 Å². The van der Waals surface area contributed by atoms with Gasteiger partial charge in [0.15, 0.2) is 0 Å². The van der Waals surface area contributed by atoms with Gasteiger partial charge in [-0.25, -0.2) is 0 Å². The average molecular weight is 917 g/mol. The van der Waals surface area contributed by atoms with Crippen molar-refractivity contribution >= 4 is 11.9 Å². The van der Waals surface area contributed by atoms with Crippen molar-refractivity contribution in [1.82, 2.24) is 5.32 Å². The molecule has 0 aliphatic rings. The SMILES string of the molecule is CCCCCCCC/C=C\CCCCCCCCCC(=O)OCCCCCCCCCC/C=C\CCCCCCCCCC(=O)NC(CO)C(O)CCCCCCCCCCCCCC. The third-order valence-electron chi connectivity index (χ3n) is 13.5. The summed E-state index contributed by atoms with van der Waals surface area (Å²) in [6, 6.07) is -0.547. The van der Waals surface area contributed by atoms with Crippen LogP contribution in [0.3, 0.4) is 0 Å². The Morgan fingerprint density at radius 3 is 1.09 bits per heavy atom. The maximum Gasteiger partial charge on any atom is 0.305 e. The van der Waals surface area contributed by atoms with E-state index in [4.69, 9.17) is 4.74 Å². The van der Waals surface area contributed by atoms with Gasteiger partial charge in [0.1, 0.15) is 0 Å². The van der Waals surface area contributed by atoms with Crippen LogP contribution >= 0.6 is 0 Å². The first kappa shape index (κ1) is 63.3. The lowest BCUT2D eigenvalue weighted by Gasteiger charge is -2.22. The number of carbonyl (C=O) groups excluding carboxylic acids is 2. The largest absolute Gasteiger partial charge is 0.466 e.